The quantitative estimate of drug-likeness (QED) is 0.883. The van der Waals surface area contributed by atoms with Gasteiger partial charge in [-0.1, -0.05) is 18.2 Å². The smallest absolute Gasteiger partial charge is 0.412 e. The summed E-state index contributed by atoms with van der Waals surface area (Å²) in [6.45, 7) is -0.200. The minimum absolute atomic E-state index is 0.144. The van der Waals surface area contributed by atoms with E-state index in [4.69, 9.17) is 14.3 Å². The largest absolute Gasteiger partial charge is 0.502 e. The Morgan fingerprint density at radius 2 is 2.05 bits per heavy atom. The molecule has 1 heterocycles. The lowest BCUT2D eigenvalue weighted by molar-refractivity contribution is 0.144. The Kier molecular flexibility index (Phi) is 3.82. The molecular formula is C13H11NO5. The molecule has 0 aliphatic rings. The van der Waals surface area contributed by atoms with Gasteiger partial charge in [0.05, 0.1) is 0 Å². The molecule has 1 aromatic carbocycles. The zero-order chi connectivity index (χ0) is 13.7. The summed E-state index contributed by atoms with van der Waals surface area (Å²) in [6, 6.07) is 9.85. The van der Waals surface area contributed by atoms with Crippen LogP contribution in [0, 0.1) is 0 Å². The highest BCUT2D eigenvalue weighted by molar-refractivity contribution is 5.84. The van der Waals surface area contributed by atoms with E-state index in [9.17, 15) is 9.59 Å². The Hall–Kier alpha value is -2.76. The summed E-state index contributed by atoms with van der Waals surface area (Å²) in [5.74, 6) is -0.344. The topological polar surface area (TPSA) is 88.8 Å². The summed E-state index contributed by atoms with van der Waals surface area (Å²) in [7, 11) is 0. The normalized spacial score (nSPS) is 9.89. The number of anilines is 1. The lowest BCUT2D eigenvalue weighted by Crippen LogP contribution is -2.14. The Morgan fingerprint density at radius 1 is 1.32 bits per heavy atom. The standard InChI is InChI=1S/C13H11NO5/c15-11-6-10(18-8-12(11)16)7-19-13(17)14-9-4-2-1-3-5-9/h1-6,8,16H,7H2,(H,14,17). The third-order valence-corrected chi connectivity index (χ3v) is 2.23. The molecule has 0 bridgehead atoms. The van der Waals surface area contributed by atoms with E-state index in [2.05, 4.69) is 5.32 Å². The molecule has 0 saturated heterocycles. The van der Waals surface area contributed by atoms with Crippen molar-refractivity contribution in [2.24, 2.45) is 0 Å². The second kappa shape index (κ2) is 5.72. The SMILES string of the molecule is O=C(Nc1ccccc1)OCc1cc(=O)c(O)co1. The van der Waals surface area contributed by atoms with E-state index in [0.717, 1.165) is 12.3 Å². The number of benzene rings is 1. The van der Waals surface area contributed by atoms with Crippen LogP contribution in [0.15, 0.2) is 51.9 Å². The number of hydrogen-bond donors (Lipinski definition) is 2. The number of nitrogens with one attached hydrogen (secondary N) is 1. The van der Waals surface area contributed by atoms with Crippen LogP contribution in [0.25, 0.3) is 0 Å². The van der Waals surface area contributed by atoms with Crippen LogP contribution < -0.4 is 10.7 Å². The molecule has 0 spiro atoms. The average molecular weight is 261 g/mol. The zero-order valence-corrected chi connectivity index (χ0v) is 9.83. The second-order valence-corrected chi connectivity index (χ2v) is 3.66. The first-order chi connectivity index (χ1) is 9.15. The molecule has 2 N–H and O–H groups in total. The second-order valence-electron chi connectivity index (χ2n) is 3.66. The van der Waals surface area contributed by atoms with E-state index in [1.165, 1.54) is 0 Å². The van der Waals surface area contributed by atoms with Gasteiger partial charge in [-0.05, 0) is 12.1 Å². The summed E-state index contributed by atoms with van der Waals surface area (Å²) in [6.07, 6.45) is 0.234. The van der Waals surface area contributed by atoms with Crippen LogP contribution >= 0.6 is 0 Å². The molecule has 98 valence electrons. The lowest BCUT2D eigenvalue weighted by Gasteiger charge is -2.06. The van der Waals surface area contributed by atoms with Gasteiger partial charge in [-0.15, -0.1) is 0 Å². The fourth-order valence-corrected chi connectivity index (χ4v) is 1.33. The highest BCUT2D eigenvalue weighted by atomic mass is 16.6. The zero-order valence-electron chi connectivity index (χ0n) is 9.83. The van der Waals surface area contributed by atoms with Crippen molar-refractivity contribution in [3.05, 3.63) is 58.6 Å². The number of carbonyl (C=O) groups excluding carboxylic acids is 1. The maximum absolute atomic E-state index is 11.4. The van der Waals surface area contributed by atoms with Crippen LogP contribution in [0.3, 0.4) is 0 Å². The predicted molar refractivity (Wildman–Crippen MR) is 66.9 cm³/mol. The van der Waals surface area contributed by atoms with Gasteiger partial charge in [-0.25, -0.2) is 4.79 Å². The minimum atomic E-state index is -0.665. The maximum atomic E-state index is 11.4. The van der Waals surface area contributed by atoms with Gasteiger partial charge in [0.15, 0.2) is 12.4 Å². The van der Waals surface area contributed by atoms with Crippen LogP contribution in [-0.2, 0) is 11.3 Å². The predicted octanol–water partition coefficient (Wildman–Crippen LogP) is 2.09. The fourth-order valence-electron chi connectivity index (χ4n) is 1.33. The van der Waals surface area contributed by atoms with Crippen LogP contribution in [0.5, 0.6) is 5.75 Å². The Labute approximate surface area is 108 Å². The van der Waals surface area contributed by atoms with Gasteiger partial charge in [-0.2, -0.15) is 0 Å². The Balaban J connectivity index is 1.90. The number of ether oxygens (including phenoxy) is 1. The first kappa shape index (κ1) is 12.7. The summed E-state index contributed by atoms with van der Waals surface area (Å²) in [4.78, 5) is 22.5. The van der Waals surface area contributed by atoms with Gasteiger partial charge in [0.1, 0.15) is 12.0 Å². The summed E-state index contributed by atoms with van der Waals surface area (Å²) in [5.41, 5.74) is 0.00739. The van der Waals surface area contributed by atoms with E-state index < -0.39 is 17.3 Å². The van der Waals surface area contributed by atoms with Crippen molar-refractivity contribution >= 4 is 11.8 Å². The summed E-state index contributed by atoms with van der Waals surface area (Å²) in [5, 5.41) is 11.5. The Bertz CT molecular complexity index is 620. The molecule has 1 aromatic heterocycles. The molecular weight excluding hydrogens is 250 g/mol. The molecule has 2 rings (SSSR count). The molecule has 0 unspecified atom stereocenters. The van der Waals surface area contributed by atoms with Crippen LogP contribution in [0.2, 0.25) is 0 Å². The van der Waals surface area contributed by atoms with Gasteiger partial charge < -0.3 is 14.3 Å². The van der Waals surface area contributed by atoms with Gasteiger partial charge in [0, 0.05) is 11.8 Å². The monoisotopic (exact) mass is 261 g/mol. The molecule has 0 saturated carbocycles. The first-order valence-electron chi connectivity index (χ1n) is 5.44. The van der Waals surface area contributed by atoms with Crippen LogP contribution in [0.4, 0.5) is 10.5 Å². The van der Waals surface area contributed by atoms with Crippen molar-refractivity contribution in [1.29, 1.82) is 0 Å². The van der Waals surface area contributed by atoms with Gasteiger partial charge >= 0.3 is 6.09 Å². The fraction of sp³-hybridized carbons (Fsp3) is 0.0769. The van der Waals surface area contributed by atoms with E-state index in [-0.39, 0.29) is 12.4 Å². The number of hydrogen-bond acceptors (Lipinski definition) is 5. The van der Waals surface area contributed by atoms with Crippen LogP contribution in [0.1, 0.15) is 5.76 Å². The highest BCUT2D eigenvalue weighted by Gasteiger charge is 2.06. The van der Waals surface area contributed by atoms with Crippen molar-refractivity contribution in [3.8, 4) is 5.75 Å². The molecule has 6 nitrogen and oxygen atoms in total. The van der Waals surface area contributed by atoms with Gasteiger partial charge in [0.2, 0.25) is 5.43 Å². The maximum Gasteiger partial charge on any atom is 0.412 e. The molecule has 1 amide bonds. The first-order valence-corrected chi connectivity index (χ1v) is 5.44. The van der Waals surface area contributed by atoms with Crippen molar-refractivity contribution in [2.75, 3.05) is 5.32 Å². The highest BCUT2D eigenvalue weighted by Crippen LogP contribution is 2.08. The van der Waals surface area contributed by atoms with Crippen LogP contribution in [-0.4, -0.2) is 11.2 Å². The summed E-state index contributed by atoms with van der Waals surface area (Å²) >= 11 is 0. The van der Waals surface area contributed by atoms with E-state index in [0.29, 0.717) is 5.69 Å². The molecule has 0 aliphatic carbocycles. The molecule has 0 atom stereocenters. The van der Waals surface area contributed by atoms with Crippen molar-refractivity contribution in [3.63, 3.8) is 0 Å². The number of rotatable bonds is 3. The lowest BCUT2D eigenvalue weighted by atomic mass is 10.3. The minimum Gasteiger partial charge on any atom is -0.502 e. The molecule has 19 heavy (non-hydrogen) atoms. The molecule has 0 fully saturated rings. The number of para-hydroxylation sites is 1. The number of amides is 1. The van der Waals surface area contributed by atoms with Crippen molar-refractivity contribution in [2.45, 2.75) is 6.61 Å². The molecule has 6 heteroatoms. The molecule has 2 aromatic rings. The molecule has 0 aliphatic heterocycles. The third-order valence-electron chi connectivity index (χ3n) is 2.23. The van der Waals surface area contributed by atoms with Gasteiger partial charge in [-0.3, -0.25) is 10.1 Å². The van der Waals surface area contributed by atoms with Crippen molar-refractivity contribution < 1.29 is 19.1 Å². The van der Waals surface area contributed by atoms with E-state index in [1.54, 1.807) is 24.3 Å². The Morgan fingerprint density at radius 3 is 2.74 bits per heavy atom. The third kappa shape index (κ3) is 3.60. The number of aromatic hydroxyl groups is 1. The molecule has 0 radical (unpaired) electrons. The van der Waals surface area contributed by atoms with E-state index >= 15 is 0 Å². The average Bonchev–Trinajstić information content (AvgIpc) is 2.41. The number of carbonyl (C=O) groups is 1. The van der Waals surface area contributed by atoms with Crippen molar-refractivity contribution in [1.82, 2.24) is 0 Å². The van der Waals surface area contributed by atoms with Gasteiger partial charge in [0.25, 0.3) is 0 Å². The van der Waals surface area contributed by atoms with E-state index in [1.807, 2.05) is 6.07 Å². The summed E-state index contributed by atoms with van der Waals surface area (Å²) < 4.78 is 9.75.